The van der Waals surface area contributed by atoms with Crippen molar-refractivity contribution in [1.29, 1.82) is 5.41 Å². The van der Waals surface area contributed by atoms with Crippen molar-refractivity contribution in [2.75, 3.05) is 17.2 Å². The van der Waals surface area contributed by atoms with Gasteiger partial charge in [-0.15, -0.1) is 0 Å². The Morgan fingerprint density at radius 3 is 2.37 bits per heavy atom. The van der Waals surface area contributed by atoms with Gasteiger partial charge in [0.2, 0.25) is 5.91 Å². The molecule has 0 aromatic heterocycles. The van der Waals surface area contributed by atoms with Gasteiger partial charge in [0.25, 0.3) is 0 Å². The highest BCUT2D eigenvalue weighted by Gasteiger charge is 2.34. The van der Waals surface area contributed by atoms with Crippen molar-refractivity contribution < 1.29 is 19.4 Å². The Bertz CT molecular complexity index is 1430. The van der Waals surface area contributed by atoms with E-state index in [1.807, 2.05) is 57.2 Å². The van der Waals surface area contributed by atoms with E-state index >= 15 is 0 Å². The largest absolute Gasteiger partial charge is 0.507 e. The smallest absolute Gasteiger partial charge is 0.248 e. The lowest BCUT2D eigenvalue weighted by Gasteiger charge is -2.38. The highest BCUT2D eigenvalue weighted by molar-refractivity contribution is 6.02. The van der Waals surface area contributed by atoms with Crippen LogP contribution in [0.15, 0.2) is 54.6 Å². The maximum Gasteiger partial charge on any atom is 0.248 e. The second-order valence-electron chi connectivity index (χ2n) is 10.9. The lowest BCUT2D eigenvalue weighted by atomic mass is 9.85. The number of fused-ring (bicyclic) bond motifs is 1. The number of guanidine groups is 1. The van der Waals surface area contributed by atoms with Gasteiger partial charge >= 0.3 is 0 Å². The van der Waals surface area contributed by atoms with Crippen LogP contribution >= 0.6 is 0 Å². The summed E-state index contributed by atoms with van der Waals surface area (Å²) in [5, 5.41) is 23.2. The average Bonchev–Trinajstić information content (AvgIpc) is 2.95. The standard InChI is InChI=1S/C33H40N4O4/c1-21-22(2)31-28(23(3)30(21)39)17-19-33(4,41-31)18-5-6-20-40-27-14-12-25(13-15-27)36-29(38)16-9-24-7-10-26(11-8-24)37-32(34)35/h7-16,39H,5-6,17-20H2,1-4H3,(H,36,38)(H4,34,35,37). The van der Waals surface area contributed by atoms with E-state index in [0.717, 1.165) is 71.4 Å². The van der Waals surface area contributed by atoms with E-state index in [9.17, 15) is 9.90 Å². The van der Waals surface area contributed by atoms with Crippen LogP contribution in [-0.2, 0) is 11.2 Å². The zero-order valence-electron chi connectivity index (χ0n) is 24.3. The first-order valence-corrected chi connectivity index (χ1v) is 14.0. The van der Waals surface area contributed by atoms with Crippen molar-refractivity contribution in [2.45, 2.75) is 65.4 Å². The molecule has 8 nitrogen and oxygen atoms in total. The molecule has 4 rings (SSSR count). The second kappa shape index (κ2) is 12.8. The topological polar surface area (TPSA) is 130 Å². The van der Waals surface area contributed by atoms with E-state index < -0.39 is 0 Å². The Hall–Kier alpha value is -4.46. The van der Waals surface area contributed by atoms with Gasteiger partial charge in [0.05, 0.1) is 6.61 Å². The zero-order chi connectivity index (χ0) is 29.6. The zero-order valence-corrected chi connectivity index (χ0v) is 24.3. The molecule has 0 spiro atoms. The molecule has 1 aliphatic heterocycles. The number of hydrogen-bond donors (Lipinski definition) is 5. The number of hydrogen-bond acceptors (Lipinski definition) is 5. The summed E-state index contributed by atoms with van der Waals surface area (Å²) >= 11 is 0. The first kappa shape index (κ1) is 29.5. The Kier molecular flexibility index (Phi) is 9.22. The third-order valence-corrected chi connectivity index (χ3v) is 7.70. The number of amides is 1. The minimum absolute atomic E-state index is 0.126. The number of carbonyl (C=O) groups is 1. The summed E-state index contributed by atoms with van der Waals surface area (Å²) in [5.74, 6) is 1.74. The maximum atomic E-state index is 12.3. The molecular weight excluding hydrogens is 516 g/mol. The molecule has 0 aliphatic carbocycles. The van der Waals surface area contributed by atoms with Crippen LogP contribution in [-0.4, -0.2) is 29.2 Å². The summed E-state index contributed by atoms with van der Waals surface area (Å²) in [4.78, 5) is 12.3. The van der Waals surface area contributed by atoms with Crippen molar-refractivity contribution in [3.8, 4) is 17.2 Å². The monoisotopic (exact) mass is 556 g/mol. The predicted molar refractivity (Wildman–Crippen MR) is 165 cm³/mol. The number of rotatable bonds is 10. The van der Waals surface area contributed by atoms with Gasteiger partial charge in [0.1, 0.15) is 22.8 Å². The molecule has 1 unspecified atom stereocenters. The first-order chi connectivity index (χ1) is 19.5. The molecule has 0 saturated carbocycles. The van der Waals surface area contributed by atoms with Crippen LogP contribution in [0.2, 0.25) is 0 Å². The van der Waals surface area contributed by atoms with Gasteiger partial charge in [-0.2, -0.15) is 0 Å². The average molecular weight is 557 g/mol. The molecule has 1 aliphatic rings. The predicted octanol–water partition coefficient (Wildman–Crippen LogP) is 6.61. The number of anilines is 2. The molecule has 0 fully saturated rings. The molecule has 0 radical (unpaired) electrons. The number of carbonyl (C=O) groups excluding carboxylic acids is 1. The summed E-state index contributed by atoms with van der Waals surface area (Å²) in [7, 11) is 0. The van der Waals surface area contributed by atoms with E-state index in [1.165, 1.54) is 6.08 Å². The number of aromatic hydroxyl groups is 1. The minimum atomic E-state index is -0.233. The van der Waals surface area contributed by atoms with Gasteiger partial charge in [-0.3, -0.25) is 10.2 Å². The number of nitrogens with one attached hydrogen (secondary N) is 3. The first-order valence-electron chi connectivity index (χ1n) is 14.0. The van der Waals surface area contributed by atoms with Crippen LogP contribution in [0.1, 0.15) is 60.4 Å². The fraction of sp³-hybridized carbons (Fsp3) is 0.333. The molecular formula is C33H40N4O4. The minimum Gasteiger partial charge on any atom is -0.507 e. The van der Waals surface area contributed by atoms with Gasteiger partial charge in [-0.25, -0.2) is 0 Å². The van der Waals surface area contributed by atoms with E-state index in [2.05, 4.69) is 17.6 Å². The third kappa shape index (κ3) is 7.60. The highest BCUT2D eigenvalue weighted by Crippen LogP contribution is 2.44. The quantitative estimate of drug-likeness (QED) is 0.0827. The molecule has 0 bridgehead atoms. The SMILES string of the molecule is Cc1c(C)c2c(c(C)c1O)CCC(C)(CCCCOc1ccc(NC(=O)C=Cc3ccc(NC(=N)N)cc3)cc1)O2. The Morgan fingerprint density at radius 2 is 1.68 bits per heavy atom. The van der Waals surface area contributed by atoms with E-state index in [1.54, 1.807) is 18.2 Å². The summed E-state index contributed by atoms with van der Waals surface area (Å²) in [6.07, 6.45) is 7.86. The Balaban J connectivity index is 1.19. The lowest BCUT2D eigenvalue weighted by Crippen LogP contribution is -2.37. The number of benzene rings is 3. The second-order valence-corrected chi connectivity index (χ2v) is 10.9. The summed E-state index contributed by atoms with van der Waals surface area (Å²) < 4.78 is 12.5. The molecule has 1 atom stereocenters. The van der Waals surface area contributed by atoms with Crippen molar-refractivity contribution in [3.63, 3.8) is 0 Å². The summed E-state index contributed by atoms with van der Waals surface area (Å²) in [6, 6.07) is 14.6. The summed E-state index contributed by atoms with van der Waals surface area (Å²) in [5.41, 5.74) is 11.3. The van der Waals surface area contributed by atoms with Crippen LogP contribution in [0.5, 0.6) is 17.2 Å². The number of ether oxygens (including phenoxy) is 2. The molecule has 1 heterocycles. The van der Waals surface area contributed by atoms with E-state index in [4.69, 9.17) is 20.6 Å². The molecule has 0 saturated heterocycles. The molecule has 41 heavy (non-hydrogen) atoms. The van der Waals surface area contributed by atoms with Gasteiger partial charge in [0.15, 0.2) is 5.96 Å². The van der Waals surface area contributed by atoms with E-state index in [-0.39, 0.29) is 17.5 Å². The van der Waals surface area contributed by atoms with Crippen LogP contribution < -0.4 is 25.8 Å². The van der Waals surface area contributed by atoms with Gasteiger partial charge < -0.3 is 30.9 Å². The van der Waals surface area contributed by atoms with Crippen LogP contribution in [0.25, 0.3) is 6.08 Å². The highest BCUT2D eigenvalue weighted by atomic mass is 16.5. The molecule has 8 heteroatoms. The third-order valence-electron chi connectivity index (χ3n) is 7.70. The summed E-state index contributed by atoms with van der Waals surface area (Å²) in [6.45, 7) is 8.73. The maximum absolute atomic E-state index is 12.3. The Labute approximate surface area is 242 Å². The lowest BCUT2D eigenvalue weighted by molar-refractivity contribution is -0.111. The Morgan fingerprint density at radius 1 is 1.02 bits per heavy atom. The van der Waals surface area contributed by atoms with Gasteiger partial charge in [-0.05, 0) is 125 Å². The number of unbranched alkanes of at least 4 members (excludes halogenated alkanes) is 1. The van der Waals surface area contributed by atoms with Crippen molar-refractivity contribution >= 4 is 29.3 Å². The number of nitrogens with two attached hydrogens (primary N) is 1. The normalized spacial score (nSPS) is 16.1. The molecule has 3 aromatic rings. The van der Waals surface area contributed by atoms with E-state index in [0.29, 0.717) is 23.7 Å². The molecule has 3 aromatic carbocycles. The fourth-order valence-corrected chi connectivity index (χ4v) is 5.09. The van der Waals surface area contributed by atoms with Gasteiger partial charge in [0, 0.05) is 23.0 Å². The molecule has 6 N–H and O–H groups in total. The number of phenols is 1. The molecule has 1 amide bonds. The van der Waals surface area contributed by atoms with Crippen molar-refractivity contribution in [2.24, 2.45) is 5.73 Å². The van der Waals surface area contributed by atoms with Crippen LogP contribution in [0.3, 0.4) is 0 Å². The fourth-order valence-electron chi connectivity index (χ4n) is 5.09. The number of phenolic OH excluding ortho intramolecular Hbond substituents is 1. The molecule has 216 valence electrons. The van der Waals surface area contributed by atoms with Crippen LogP contribution in [0.4, 0.5) is 11.4 Å². The van der Waals surface area contributed by atoms with Gasteiger partial charge in [-0.1, -0.05) is 12.1 Å². The van der Waals surface area contributed by atoms with Crippen LogP contribution in [0, 0.1) is 26.2 Å². The van der Waals surface area contributed by atoms with Crippen molar-refractivity contribution in [3.05, 3.63) is 82.4 Å². The van der Waals surface area contributed by atoms with Crippen molar-refractivity contribution in [1.82, 2.24) is 0 Å².